The van der Waals surface area contributed by atoms with Crippen LogP contribution < -0.4 is 10.5 Å². The number of β-amino-alcohol motifs (C(OH)–C–C–N with tert-alkyl or cyclic N) is 1. The summed E-state index contributed by atoms with van der Waals surface area (Å²) < 4.78 is 31.2. The van der Waals surface area contributed by atoms with Crippen LogP contribution in [0.3, 0.4) is 0 Å². The van der Waals surface area contributed by atoms with Crippen LogP contribution in [0.1, 0.15) is 19.8 Å². The summed E-state index contributed by atoms with van der Waals surface area (Å²) in [6.07, 6.45) is 1.30. The number of nitrogen functional groups attached to an aromatic ring is 1. The molecule has 0 amide bonds. The zero-order valence-electron chi connectivity index (χ0n) is 12.2. The highest BCUT2D eigenvalue weighted by atomic mass is 32.2. The van der Waals surface area contributed by atoms with Gasteiger partial charge in [-0.05, 0) is 44.0 Å². The first kappa shape index (κ1) is 16.1. The predicted octanol–water partition coefficient (Wildman–Crippen LogP) is 0.824. The van der Waals surface area contributed by atoms with Gasteiger partial charge in [0.25, 0.3) is 0 Å². The van der Waals surface area contributed by atoms with Gasteiger partial charge in [-0.1, -0.05) is 0 Å². The van der Waals surface area contributed by atoms with Crippen molar-refractivity contribution in [3.8, 4) is 5.75 Å². The smallest absolute Gasteiger partial charge is 0.217 e. The second-order valence-corrected chi connectivity index (χ2v) is 7.76. The zero-order chi connectivity index (χ0) is 15.5. The molecule has 1 aliphatic heterocycles. The minimum absolute atomic E-state index is 0.0743. The molecule has 0 aromatic heterocycles. The van der Waals surface area contributed by atoms with Crippen molar-refractivity contribution < 1.29 is 18.3 Å². The van der Waals surface area contributed by atoms with E-state index in [0.29, 0.717) is 30.8 Å². The second-order valence-electron chi connectivity index (χ2n) is 5.67. The molecule has 1 aromatic rings. The highest BCUT2D eigenvalue weighted by Crippen LogP contribution is 2.22. The van der Waals surface area contributed by atoms with Crippen LogP contribution in [0.5, 0.6) is 5.75 Å². The molecule has 1 aromatic carbocycles. The first-order chi connectivity index (χ1) is 9.78. The Morgan fingerprint density at radius 3 is 2.67 bits per heavy atom. The van der Waals surface area contributed by atoms with Crippen LogP contribution in [0.2, 0.25) is 0 Å². The number of sulfonamides is 1. The Morgan fingerprint density at radius 2 is 2.05 bits per heavy atom. The summed E-state index contributed by atoms with van der Waals surface area (Å²) in [6.45, 7) is 2.35. The molecule has 1 aliphatic rings. The third kappa shape index (κ3) is 4.59. The van der Waals surface area contributed by atoms with Gasteiger partial charge in [-0.15, -0.1) is 0 Å². The molecule has 6 nitrogen and oxygen atoms in total. The Morgan fingerprint density at radius 1 is 1.38 bits per heavy atom. The molecular weight excluding hydrogens is 292 g/mol. The van der Waals surface area contributed by atoms with Crippen LogP contribution in [0.25, 0.3) is 0 Å². The van der Waals surface area contributed by atoms with Crippen LogP contribution in [-0.4, -0.2) is 48.9 Å². The maximum absolute atomic E-state index is 12.2. The minimum Gasteiger partial charge on any atom is -0.492 e. The lowest BCUT2D eigenvalue weighted by molar-refractivity contribution is 0.00933. The van der Waals surface area contributed by atoms with E-state index in [4.69, 9.17) is 10.5 Å². The monoisotopic (exact) mass is 314 g/mol. The Bertz CT molecular complexity index is 569. The summed E-state index contributed by atoms with van der Waals surface area (Å²) in [5.41, 5.74) is 5.25. The molecule has 7 heteroatoms. The van der Waals surface area contributed by atoms with Crippen molar-refractivity contribution in [2.45, 2.75) is 25.4 Å². The molecule has 1 heterocycles. The van der Waals surface area contributed by atoms with Gasteiger partial charge >= 0.3 is 0 Å². The van der Waals surface area contributed by atoms with Crippen molar-refractivity contribution in [3.05, 3.63) is 24.3 Å². The van der Waals surface area contributed by atoms with Crippen molar-refractivity contribution in [1.29, 1.82) is 0 Å². The molecule has 1 atom stereocenters. The van der Waals surface area contributed by atoms with Gasteiger partial charge in [-0.2, -0.15) is 4.31 Å². The topological polar surface area (TPSA) is 92.9 Å². The van der Waals surface area contributed by atoms with Gasteiger partial charge in [-0.3, -0.25) is 0 Å². The SMILES string of the molecule is CC1(O)CCCN(S(=O)(=O)CCOc2ccc(N)cc2)C1. The number of aliphatic hydroxyl groups is 1. The molecule has 0 bridgehead atoms. The fourth-order valence-electron chi connectivity index (χ4n) is 2.37. The van der Waals surface area contributed by atoms with E-state index < -0.39 is 15.6 Å². The van der Waals surface area contributed by atoms with Crippen molar-refractivity contribution in [3.63, 3.8) is 0 Å². The van der Waals surface area contributed by atoms with E-state index in [9.17, 15) is 13.5 Å². The average molecular weight is 314 g/mol. The van der Waals surface area contributed by atoms with Gasteiger partial charge in [-0.25, -0.2) is 8.42 Å². The fourth-order valence-corrected chi connectivity index (χ4v) is 3.80. The third-order valence-electron chi connectivity index (χ3n) is 3.52. The number of anilines is 1. The summed E-state index contributed by atoms with van der Waals surface area (Å²) in [7, 11) is -3.41. The lowest BCUT2D eigenvalue weighted by Gasteiger charge is -2.35. The molecule has 2 rings (SSSR count). The molecule has 1 saturated heterocycles. The maximum atomic E-state index is 12.2. The number of hydrogen-bond acceptors (Lipinski definition) is 5. The molecule has 21 heavy (non-hydrogen) atoms. The van der Waals surface area contributed by atoms with Crippen molar-refractivity contribution in [2.24, 2.45) is 0 Å². The summed E-state index contributed by atoms with van der Waals surface area (Å²) >= 11 is 0. The number of hydrogen-bond donors (Lipinski definition) is 2. The van der Waals surface area contributed by atoms with E-state index in [1.165, 1.54) is 4.31 Å². The first-order valence-corrected chi connectivity index (χ1v) is 8.58. The molecule has 3 N–H and O–H groups in total. The molecule has 0 radical (unpaired) electrons. The molecule has 1 fully saturated rings. The molecule has 0 aliphatic carbocycles. The average Bonchev–Trinajstić information content (AvgIpc) is 2.40. The van der Waals surface area contributed by atoms with Gasteiger partial charge in [0.1, 0.15) is 12.4 Å². The van der Waals surface area contributed by atoms with E-state index in [0.717, 1.165) is 0 Å². The Hall–Kier alpha value is -1.31. The predicted molar refractivity (Wildman–Crippen MR) is 81.6 cm³/mol. The van der Waals surface area contributed by atoms with E-state index in [1.807, 2.05) is 0 Å². The van der Waals surface area contributed by atoms with E-state index in [2.05, 4.69) is 0 Å². The Kier molecular flexibility index (Phi) is 4.75. The normalized spacial score (nSPS) is 23.9. The standard InChI is InChI=1S/C14H22N2O4S/c1-14(17)7-2-8-16(11-14)21(18,19)10-9-20-13-5-3-12(15)4-6-13/h3-6,17H,2,7-11,15H2,1H3. The lowest BCUT2D eigenvalue weighted by atomic mass is 9.97. The van der Waals surface area contributed by atoms with Crippen LogP contribution in [0, 0.1) is 0 Å². The minimum atomic E-state index is -3.41. The summed E-state index contributed by atoms with van der Waals surface area (Å²) in [5.74, 6) is 0.484. The molecule has 118 valence electrons. The second kappa shape index (κ2) is 6.21. The molecule has 0 spiro atoms. The number of benzene rings is 1. The highest BCUT2D eigenvalue weighted by molar-refractivity contribution is 7.89. The van der Waals surface area contributed by atoms with E-state index >= 15 is 0 Å². The number of rotatable bonds is 5. The summed E-state index contributed by atoms with van der Waals surface area (Å²) in [4.78, 5) is 0. The Labute approximate surface area is 125 Å². The number of nitrogens with zero attached hydrogens (tertiary/aromatic N) is 1. The van der Waals surface area contributed by atoms with Gasteiger partial charge in [0.2, 0.25) is 10.0 Å². The lowest BCUT2D eigenvalue weighted by Crippen LogP contribution is -2.49. The van der Waals surface area contributed by atoms with Gasteiger partial charge in [0.15, 0.2) is 0 Å². The van der Waals surface area contributed by atoms with Crippen LogP contribution in [-0.2, 0) is 10.0 Å². The van der Waals surface area contributed by atoms with Crippen molar-refractivity contribution >= 4 is 15.7 Å². The van der Waals surface area contributed by atoms with Crippen molar-refractivity contribution in [2.75, 3.05) is 31.2 Å². The van der Waals surface area contributed by atoms with E-state index in [1.54, 1.807) is 31.2 Å². The number of piperidine rings is 1. The molecule has 0 saturated carbocycles. The molecular formula is C14H22N2O4S. The van der Waals surface area contributed by atoms with Crippen molar-refractivity contribution in [1.82, 2.24) is 4.31 Å². The quantitative estimate of drug-likeness (QED) is 0.785. The summed E-state index contributed by atoms with van der Waals surface area (Å²) in [5, 5.41) is 9.99. The van der Waals surface area contributed by atoms with E-state index in [-0.39, 0.29) is 18.9 Å². The molecule has 1 unspecified atom stereocenters. The fraction of sp³-hybridized carbons (Fsp3) is 0.571. The third-order valence-corrected chi connectivity index (χ3v) is 5.30. The van der Waals surface area contributed by atoms with Gasteiger partial charge in [0, 0.05) is 18.8 Å². The van der Waals surface area contributed by atoms with Gasteiger partial charge < -0.3 is 15.6 Å². The maximum Gasteiger partial charge on any atom is 0.217 e. The Balaban J connectivity index is 1.88. The number of nitrogens with two attached hydrogens (primary N) is 1. The number of ether oxygens (including phenoxy) is 1. The highest BCUT2D eigenvalue weighted by Gasteiger charge is 2.34. The van der Waals surface area contributed by atoms with Gasteiger partial charge in [0.05, 0.1) is 11.4 Å². The zero-order valence-corrected chi connectivity index (χ0v) is 13.0. The largest absolute Gasteiger partial charge is 0.492 e. The van der Waals surface area contributed by atoms with Crippen LogP contribution in [0.15, 0.2) is 24.3 Å². The van der Waals surface area contributed by atoms with Crippen LogP contribution >= 0.6 is 0 Å². The van der Waals surface area contributed by atoms with Crippen LogP contribution in [0.4, 0.5) is 5.69 Å². The first-order valence-electron chi connectivity index (χ1n) is 6.97. The summed E-state index contributed by atoms with van der Waals surface area (Å²) in [6, 6.07) is 6.80.